The van der Waals surface area contributed by atoms with E-state index in [1.807, 2.05) is 0 Å². The number of amides is 2. The Bertz CT molecular complexity index is 555. The molecule has 100 valence electrons. The lowest BCUT2D eigenvalue weighted by atomic mass is 10.2. The summed E-state index contributed by atoms with van der Waals surface area (Å²) in [5.74, 6) is 1.03. The van der Waals surface area contributed by atoms with Crippen LogP contribution in [0.5, 0.6) is 0 Å². The summed E-state index contributed by atoms with van der Waals surface area (Å²) >= 11 is 6.12. The maximum Gasteiger partial charge on any atom is 0.246 e. The van der Waals surface area contributed by atoms with Gasteiger partial charge in [-0.25, -0.2) is 9.97 Å². The zero-order valence-corrected chi connectivity index (χ0v) is 11.2. The topological polar surface area (TPSA) is 75.2 Å². The number of hydrogen-bond donors (Lipinski definition) is 1. The van der Waals surface area contributed by atoms with Crippen LogP contribution in [-0.2, 0) is 9.59 Å². The number of piperazine rings is 1. The zero-order chi connectivity index (χ0) is 13.6. The second-order valence-electron chi connectivity index (χ2n) is 4.92. The molecule has 1 aliphatic carbocycles. The fourth-order valence-corrected chi connectivity index (χ4v) is 2.28. The first-order valence-corrected chi connectivity index (χ1v) is 6.54. The Hall–Kier alpha value is -1.69. The van der Waals surface area contributed by atoms with Crippen LogP contribution in [0.4, 0.5) is 5.82 Å². The molecule has 1 aliphatic heterocycles. The highest BCUT2D eigenvalue weighted by Crippen LogP contribution is 2.39. The normalized spacial score (nSPS) is 19.6. The number of nitrogens with one attached hydrogen (secondary N) is 1. The van der Waals surface area contributed by atoms with Crippen molar-refractivity contribution in [2.75, 3.05) is 18.0 Å². The van der Waals surface area contributed by atoms with E-state index in [9.17, 15) is 9.59 Å². The van der Waals surface area contributed by atoms with Gasteiger partial charge in [-0.3, -0.25) is 14.9 Å². The fourth-order valence-electron chi connectivity index (χ4n) is 2.11. The first-order chi connectivity index (χ1) is 9.04. The molecule has 2 amide bonds. The Morgan fingerprint density at radius 1 is 1.21 bits per heavy atom. The molecule has 0 atom stereocenters. The van der Waals surface area contributed by atoms with Crippen LogP contribution in [0, 0.1) is 6.92 Å². The molecule has 0 bridgehead atoms. The van der Waals surface area contributed by atoms with Crippen molar-refractivity contribution in [3.63, 3.8) is 0 Å². The van der Waals surface area contributed by atoms with E-state index in [1.54, 1.807) is 11.8 Å². The van der Waals surface area contributed by atoms with Gasteiger partial charge in [0.15, 0.2) is 0 Å². The van der Waals surface area contributed by atoms with Gasteiger partial charge in [-0.2, -0.15) is 0 Å². The first kappa shape index (κ1) is 12.3. The Morgan fingerprint density at radius 2 is 1.84 bits per heavy atom. The molecule has 0 aromatic carbocycles. The van der Waals surface area contributed by atoms with Crippen LogP contribution in [-0.4, -0.2) is 34.9 Å². The molecular formula is C12H13ClN4O2. The molecule has 1 aromatic rings. The number of nitrogens with zero attached hydrogens (tertiary/aromatic N) is 3. The van der Waals surface area contributed by atoms with Gasteiger partial charge in [-0.15, -0.1) is 0 Å². The molecule has 6 nitrogen and oxygen atoms in total. The highest BCUT2D eigenvalue weighted by molar-refractivity contribution is 6.30. The number of anilines is 1. The van der Waals surface area contributed by atoms with Crippen molar-refractivity contribution in [1.82, 2.24) is 15.3 Å². The van der Waals surface area contributed by atoms with Gasteiger partial charge >= 0.3 is 0 Å². The van der Waals surface area contributed by atoms with Crippen LogP contribution in [0.1, 0.15) is 30.1 Å². The molecule has 1 saturated carbocycles. The van der Waals surface area contributed by atoms with Crippen molar-refractivity contribution in [2.24, 2.45) is 0 Å². The largest absolute Gasteiger partial charge is 0.338 e. The molecule has 2 fully saturated rings. The molecule has 3 rings (SSSR count). The van der Waals surface area contributed by atoms with E-state index >= 15 is 0 Å². The van der Waals surface area contributed by atoms with Gasteiger partial charge in [0, 0.05) is 11.5 Å². The van der Waals surface area contributed by atoms with E-state index in [4.69, 9.17) is 11.6 Å². The summed E-state index contributed by atoms with van der Waals surface area (Å²) in [6.07, 6.45) is 2.14. The molecule has 1 N–H and O–H groups in total. The van der Waals surface area contributed by atoms with Crippen LogP contribution in [0.3, 0.4) is 0 Å². The standard InChI is InChI=1S/C12H13ClN4O2/c1-6-10(13)15-11(7-2-3-7)16-12(6)17-4-8(18)14-9(19)5-17/h7H,2-5H2,1H3,(H,14,18,19). The van der Waals surface area contributed by atoms with E-state index < -0.39 is 0 Å². The molecular weight excluding hydrogens is 268 g/mol. The van der Waals surface area contributed by atoms with Gasteiger partial charge in [0.25, 0.3) is 0 Å². The maximum absolute atomic E-state index is 11.4. The quantitative estimate of drug-likeness (QED) is 0.640. The second-order valence-corrected chi connectivity index (χ2v) is 5.28. The van der Waals surface area contributed by atoms with Crippen LogP contribution < -0.4 is 10.2 Å². The summed E-state index contributed by atoms with van der Waals surface area (Å²) < 4.78 is 0. The Kier molecular flexibility index (Phi) is 2.89. The van der Waals surface area contributed by atoms with E-state index in [2.05, 4.69) is 15.3 Å². The van der Waals surface area contributed by atoms with Crippen molar-refractivity contribution in [3.8, 4) is 0 Å². The Labute approximate surface area is 115 Å². The van der Waals surface area contributed by atoms with Crippen molar-refractivity contribution >= 4 is 29.2 Å². The maximum atomic E-state index is 11.4. The summed E-state index contributed by atoms with van der Waals surface area (Å²) in [6.45, 7) is 2.03. The van der Waals surface area contributed by atoms with Gasteiger partial charge in [-0.05, 0) is 19.8 Å². The van der Waals surface area contributed by atoms with E-state index in [0.717, 1.165) is 12.8 Å². The summed E-state index contributed by atoms with van der Waals surface area (Å²) in [7, 11) is 0. The SMILES string of the molecule is Cc1c(Cl)nc(C2CC2)nc1N1CC(=O)NC(=O)C1. The smallest absolute Gasteiger partial charge is 0.246 e. The molecule has 1 saturated heterocycles. The second kappa shape index (κ2) is 4.45. The first-order valence-electron chi connectivity index (χ1n) is 6.16. The predicted octanol–water partition coefficient (Wildman–Crippen LogP) is 0.779. The molecule has 0 unspecified atom stereocenters. The van der Waals surface area contributed by atoms with Crippen LogP contribution in [0.25, 0.3) is 0 Å². The van der Waals surface area contributed by atoms with E-state index in [1.165, 1.54) is 0 Å². The Balaban J connectivity index is 1.98. The number of imide groups is 1. The number of aromatic nitrogens is 2. The minimum atomic E-state index is -0.321. The van der Waals surface area contributed by atoms with Crippen molar-refractivity contribution in [2.45, 2.75) is 25.7 Å². The van der Waals surface area contributed by atoms with Crippen LogP contribution in [0.15, 0.2) is 0 Å². The highest BCUT2D eigenvalue weighted by atomic mass is 35.5. The zero-order valence-electron chi connectivity index (χ0n) is 10.4. The molecule has 0 radical (unpaired) electrons. The number of rotatable bonds is 2. The summed E-state index contributed by atoms with van der Waals surface area (Å²) in [6, 6.07) is 0. The summed E-state index contributed by atoms with van der Waals surface area (Å²) in [5.41, 5.74) is 0.702. The van der Waals surface area contributed by atoms with Crippen LogP contribution in [0.2, 0.25) is 5.15 Å². The number of hydrogen-bond acceptors (Lipinski definition) is 5. The third-order valence-corrected chi connectivity index (χ3v) is 3.64. The number of halogens is 1. The van der Waals surface area contributed by atoms with E-state index in [0.29, 0.717) is 28.3 Å². The summed E-state index contributed by atoms with van der Waals surface area (Å²) in [5, 5.41) is 2.66. The van der Waals surface area contributed by atoms with Crippen LogP contribution >= 0.6 is 11.6 Å². The van der Waals surface area contributed by atoms with Gasteiger partial charge in [-0.1, -0.05) is 11.6 Å². The number of carbonyl (C=O) groups is 2. The minimum Gasteiger partial charge on any atom is -0.338 e. The van der Waals surface area contributed by atoms with Crippen molar-refractivity contribution < 1.29 is 9.59 Å². The minimum absolute atomic E-state index is 0.115. The van der Waals surface area contributed by atoms with Gasteiger partial charge < -0.3 is 4.90 Å². The molecule has 0 spiro atoms. The molecule has 19 heavy (non-hydrogen) atoms. The highest BCUT2D eigenvalue weighted by Gasteiger charge is 2.30. The van der Waals surface area contributed by atoms with Crippen molar-refractivity contribution in [3.05, 3.63) is 16.5 Å². The molecule has 7 heteroatoms. The predicted molar refractivity (Wildman–Crippen MR) is 69.1 cm³/mol. The number of carbonyl (C=O) groups excluding carboxylic acids is 2. The average molecular weight is 281 g/mol. The Morgan fingerprint density at radius 3 is 2.42 bits per heavy atom. The summed E-state index contributed by atoms with van der Waals surface area (Å²) in [4.78, 5) is 33.3. The third kappa shape index (κ3) is 2.40. The monoisotopic (exact) mass is 280 g/mol. The lowest BCUT2D eigenvalue weighted by Crippen LogP contribution is -2.52. The fraction of sp³-hybridized carbons (Fsp3) is 0.500. The molecule has 2 heterocycles. The lowest BCUT2D eigenvalue weighted by molar-refractivity contribution is -0.130. The van der Waals surface area contributed by atoms with Gasteiger partial charge in [0.1, 0.15) is 16.8 Å². The lowest BCUT2D eigenvalue weighted by Gasteiger charge is -2.28. The molecule has 2 aliphatic rings. The third-order valence-electron chi connectivity index (χ3n) is 3.27. The van der Waals surface area contributed by atoms with Crippen molar-refractivity contribution in [1.29, 1.82) is 0 Å². The van der Waals surface area contributed by atoms with Gasteiger partial charge in [0.2, 0.25) is 11.8 Å². The molecule has 1 aromatic heterocycles. The van der Waals surface area contributed by atoms with Gasteiger partial charge in [0.05, 0.1) is 13.1 Å². The van der Waals surface area contributed by atoms with E-state index in [-0.39, 0.29) is 24.9 Å². The average Bonchev–Trinajstić information content (AvgIpc) is 3.15.